The number of nitrogens with zero attached hydrogens (tertiary/aromatic N) is 3. The van der Waals surface area contributed by atoms with Crippen LogP contribution in [0.15, 0.2) is 18.2 Å². The summed E-state index contributed by atoms with van der Waals surface area (Å²) in [6, 6.07) is 5.45. The van der Waals surface area contributed by atoms with Gasteiger partial charge >= 0.3 is 6.09 Å². The van der Waals surface area contributed by atoms with Crippen molar-refractivity contribution in [2.75, 3.05) is 53.6 Å². The van der Waals surface area contributed by atoms with Crippen molar-refractivity contribution < 1.29 is 33.3 Å². The number of hydrogen-bond donors (Lipinski definition) is 0. The van der Waals surface area contributed by atoms with Crippen molar-refractivity contribution in [2.24, 2.45) is 0 Å². The van der Waals surface area contributed by atoms with Crippen LogP contribution >= 0.6 is 0 Å². The minimum absolute atomic E-state index is 0.0332. The average molecular weight is 450 g/mol. The minimum atomic E-state index is -0.511. The molecule has 0 unspecified atom stereocenters. The molecular weight excluding hydrogens is 418 g/mol. The summed E-state index contributed by atoms with van der Waals surface area (Å²) in [6.45, 7) is 5.20. The summed E-state index contributed by atoms with van der Waals surface area (Å²) in [6.07, 6.45) is -0.904. The number of amides is 3. The van der Waals surface area contributed by atoms with Gasteiger partial charge in [0.1, 0.15) is 24.7 Å². The fourth-order valence-corrected chi connectivity index (χ4v) is 3.73. The Morgan fingerprint density at radius 3 is 2.38 bits per heavy atom. The van der Waals surface area contributed by atoms with Gasteiger partial charge in [0.05, 0.1) is 40.0 Å². The van der Waals surface area contributed by atoms with Crippen LogP contribution in [0.2, 0.25) is 0 Å². The zero-order valence-corrected chi connectivity index (χ0v) is 19.0. The van der Waals surface area contributed by atoms with Crippen molar-refractivity contribution in [3.8, 4) is 11.5 Å². The number of rotatable bonds is 8. The van der Waals surface area contributed by atoms with Gasteiger partial charge in [0.25, 0.3) is 0 Å². The van der Waals surface area contributed by atoms with Gasteiger partial charge < -0.3 is 28.7 Å². The number of benzene rings is 1. The van der Waals surface area contributed by atoms with Crippen LogP contribution in [-0.2, 0) is 25.7 Å². The number of carbonyl (C=O) groups excluding carboxylic acids is 3. The van der Waals surface area contributed by atoms with E-state index in [1.165, 1.54) is 9.80 Å². The second-order valence-electron chi connectivity index (χ2n) is 8.10. The Balaban J connectivity index is 1.72. The van der Waals surface area contributed by atoms with Crippen LogP contribution in [0.25, 0.3) is 0 Å². The highest BCUT2D eigenvalue weighted by Gasteiger charge is 2.34. The van der Waals surface area contributed by atoms with Crippen LogP contribution in [0.5, 0.6) is 11.5 Å². The zero-order valence-electron chi connectivity index (χ0n) is 19.0. The first-order valence-corrected chi connectivity index (χ1v) is 10.6. The summed E-state index contributed by atoms with van der Waals surface area (Å²) in [4.78, 5) is 41.9. The molecule has 3 amide bonds. The average Bonchev–Trinajstić information content (AvgIpc) is 3.08. The molecule has 2 aliphatic rings. The van der Waals surface area contributed by atoms with Crippen LogP contribution in [0.4, 0.5) is 4.79 Å². The molecule has 1 aromatic rings. The molecule has 10 heteroatoms. The number of methoxy groups -OCH3 is 2. The molecule has 2 aliphatic heterocycles. The number of carbonyl (C=O) groups is 3. The fraction of sp³-hybridized carbons (Fsp3) is 0.591. The lowest BCUT2D eigenvalue weighted by atomic mass is 10.2. The van der Waals surface area contributed by atoms with E-state index in [1.54, 1.807) is 25.2 Å². The van der Waals surface area contributed by atoms with Gasteiger partial charge in [0, 0.05) is 25.2 Å². The maximum Gasteiger partial charge on any atom is 0.410 e. The predicted octanol–water partition coefficient (Wildman–Crippen LogP) is 1.12. The molecule has 0 spiro atoms. The molecule has 2 heterocycles. The number of hydrogen-bond acceptors (Lipinski definition) is 7. The Bertz CT molecular complexity index is 823. The zero-order chi connectivity index (χ0) is 23.3. The molecule has 0 N–H and O–H groups in total. The lowest BCUT2D eigenvalue weighted by Gasteiger charge is -2.27. The third kappa shape index (κ3) is 5.82. The minimum Gasteiger partial charge on any atom is -0.497 e. The molecule has 0 aromatic heterocycles. The van der Waals surface area contributed by atoms with E-state index in [-0.39, 0.29) is 50.7 Å². The molecule has 176 valence electrons. The largest absolute Gasteiger partial charge is 0.497 e. The maximum absolute atomic E-state index is 12.9. The van der Waals surface area contributed by atoms with E-state index in [9.17, 15) is 14.4 Å². The quantitative estimate of drug-likeness (QED) is 0.587. The lowest BCUT2D eigenvalue weighted by Crippen LogP contribution is -2.45. The van der Waals surface area contributed by atoms with Gasteiger partial charge in [0.15, 0.2) is 0 Å². The first-order valence-electron chi connectivity index (χ1n) is 10.6. The molecule has 0 aliphatic carbocycles. The van der Waals surface area contributed by atoms with Gasteiger partial charge in [-0.25, -0.2) is 4.79 Å². The molecule has 1 aromatic carbocycles. The summed E-state index contributed by atoms with van der Waals surface area (Å²) >= 11 is 0. The lowest BCUT2D eigenvalue weighted by molar-refractivity contribution is -0.139. The number of ether oxygens (including phenoxy) is 4. The normalized spacial score (nSPS) is 19.3. The van der Waals surface area contributed by atoms with Crippen molar-refractivity contribution >= 4 is 17.9 Å². The van der Waals surface area contributed by atoms with E-state index < -0.39 is 12.2 Å². The summed E-state index contributed by atoms with van der Waals surface area (Å²) in [5, 5.41) is 0. The SMILES string of the molecule is COc1cc(CO[C@@H]2CN(C(=O)CN3CCOC3=O)CC(=O)N(C(C)C)C2)cc(OC)c1. The van der Waals surface area contributed by atoms with E-state index in [1.807, 2.05) is 26.0 Å². The van der Waals surface area contributed by atoms with Crippen molar-refractivity contribution in [3.63, 3.8) is 0 Å². The van der Waals surface area contributed by atoms with Gasteiger partial charge in [-0.1, -0.05) is 0 Å². The molecule has 0 bridgehead atoms. The highest BCUT2D eigenvalue weighted by molar-refractivity contribution is 5.88. The molecule has 32 heavy (non-hydrogen) atoms. The molecule has 0 saturated carbocycles. The molecule has 2 fully saturated rings. The van der Waals surface area contributed by atoms with E-state index in [0.29, 0.717) is 24.6 Å². The smallest absolute Gasteiger partial charge is 0.410 e. The molecule has 2 saturated heterocycles. The summed E-state index contributed by atoms with van der Waals surface area (Å²) in [5.41, 5.74) is 0.852. The molecular formula is C22H31N3O7. The molecule has 1 atom stereocenters. The summed E-state index contributed by atoms with van der Waals surface area (Å²) < 4.78 is 21.7. The van der Waals surface area contributed by atoms with Crippen LogP contribution in [-0.4, -0.2) is 98.3 Å². The first-order chi connectivity index (χ1) is 15.3. The molecule has 10 nitrogen and oxygen atoms in total. The monoisotopic (exact) mass is 449 g/mol. The second-order valence-corrected chi connectivity index (χ2v) is 8.10. The third-order valence-electron chi connectivity index (χ3n) is 5.51. The summed E-state index contributed by atoms with van der Waals surface area (Å²) in [5.74, 6) is 0.847. The highest BCUT2D eigenvalue weighted by Crippen LogP contribution is 2.24. The standard InChI is InChI=1S/C22H31N3O7/c1-15(2)25-11-19(32-14-16-7-17(29-3)9-18(8-16)30-4)10-24(13-21(25)27)20(26)12-23-5-6-31-22(23)28/h7-9,15,19H,5-6,10-14H2,1-4H3/t19-/m1/s1. The van der Waals surface area contributed by atoms with Gasteiger partial charge in [0.2, 0.25) is 11.8 Å². The van der Waals surface area contributed by atoms with Gasteiger partial charge in [-0.05, 0) is 31.5 Å². The van der Waals surface area contributed by atoms with Crippen molar-refractivity contribution in [3.05, 3.63) is 23.8 Å². The Kier molecular flexibility index (Phi) is 7.79. The Labute approximate surface area is 187 Å². The Morgan fingerprint density at radius 2 is 1.81 bits per heavy atom. The third-order valence-corrected chi connectivity index (χ3v) is 5.51. The van der Waals surface area contributed by atoms with Crippen LogP contribution in [0.1, 0.15) is 19.4 Å². The van der Waals surface area contributed by atoms with E-state index in [4.69, 9.17) is 18.9 Å². The van der Waals surface area contributed by atoms with Crippen LogP contribution in [0.3, 0.4) is 0 Å². The van der Waals surface area contributed by atoms with E-state index >= 15 is 0 Å². The van der Waals surface area contributed by atoms with Crippen molar-refractivity contribution in [1.82, 2.24) is 14.7 Å². The van der Waals surface area contributed by atoms with Gasteiger partial charge in [-0.2, -0.15) is 0 Å². The van der Waals surface area contributed by atoms with E-state index in [2.05, 4.69) is 0 Å². The second kappa shape index (κ2) is 10.5. The van der Waals surface area contributed by atoms with Crippen LogP contribution < -0.4 is 9.47 Å². The van der Waals surface area contributed by atoms with Crippen molar-refractivity contribution in [1.29, 1.82) is 0 Å². The molecule has 3 rings (SSSR count). The number of cyclic esters (lactones) is 1. The fourth-order valence-electron chi connectivity index (χ4n) is 3.73. The van der Waals surface area contributed by atoms with Gasteiger partial charge in [-0.3, -0.25) is 14.5 Å². The van der Waals surface area contributed by atoms with Crippen molar-refractivity contribution in [2.45, 2.75) is 32.6 Å². The molecule has 0 radical (unpaired) electrons. The highest BCUT2D eigenvalue weighted by atomic mass is 16.6. The van der Waals surface area contributed by atoms with E-state index in [0.717, 1.165) is 5.56 Å². The maximum atomic E-state index is 12.9. The Hall–Kier alpha value is -3.01. The van der Waals surface area contributed by atoms with Crippen LogP contribution in [0, 0.1) is 0 Å². The Morgan fingerprint density at radius 1 is 1.12 bits per heavy atom. The predicted molar refractivity (Wildman–Crippen MR) is 114 cm³/mol. The van der Waals surface area contributed by atoms with Gasteiger partial charge in [-0.15, -0.1) is 0 Å². The topological polar surface area (TPSA) is 97.8 Å². The first kappa shape index (κ1) is 23.6. The summed E-state index contributed by atoms with van der Waals surface area (Å²) in [7, 11) is 3.16.